The van der Waals surface area contributed by atoms with Gasteiger partial charge < -0.3 is 16.2 Å². The standard InChI is InChI=1S/C12H22N4O2/c1-8(7-17)5-4-6-14-12(18)11-10(13)9(2)15-16(11)3/h8,17H,4-7,13H2,1-3H3,(H,14,18). The van der Waals surface area contributed by atoms with Crippen molar-refractivity contribution in [3.63, 3.8) is 0 Å². The minimum absolute atomic E-state index is 0.182. The number of aliphatic hydroxyl groups excluding tert-OH is 1. The number of amides is 1. The number of carbonyl (C=O) groups is 1. The number of nitrogen functional groups attached to an aromatic ring is 1. The molecule has 1 atom stereocenters. The van der Waals surface area contributed by atoms with Gasteiger partial charge in [0.15, 0.2) is 0 Å². The highest BCUT2D eigenvalue weighted by Gasteiger charge is 2.17. The second-order valence-electron chi connectivity index (χ2n) is 4.66. The summed E-state index contributed by atoms with van der Waals surface area (Å²) in [6.45, 7) is 4.51. The zero-order valence-corrected chi connectivity index (χ0v) is 11.2. The number of hydrogen-bond donors (Lipinski definition) is 3. The highest BCUT2D eigenvalue weighted by Crippen LogP contribution is 2.14. The lowest BCUT2D eigenvalue weighted by Gasteiger charge is -2.09. The summed E-state index contributed by atoms with van der Waals surface area (Å²) in [5, 5.41) is 15.8. The molecule has 0 fully saturated rings. The van der Waals surface area contributed by atoms with Gasteiger partial charge in [-0.15, -0.1) is 0 Å². The van der Waals surface area contributed by atoms with Crippen molar-refractivity contribution in [1.29, 1.82) is 0 Å². The Balaban J connectivity index is 2.46. The average Bonchev–Trinajstić information content (AvgIpc) is 2.58. The van der Waals surface area contributed by atoms with Crippen LogP contribution in [0.5, 0.6) is 0 Å². The largest absolute Gasteiger partial charge is 0.396 e. The molecule has 0 bridgehead atoms. The molecule has 6 heteroatoms. The van der Waals surface area contributed by atoms with E-state index in [0.717, 1.165) is 12.8 Å². The van der Waals surface area contributed by atoms with Gasteiger partial charge in [-0.1, -0.05) is 6.92 Å². The van der Waals surface area contributed by atoms with Gasteiger partial charge in [-0.05, 0) is 25.7 Å². The Bertz CT molecular complexity index is 414. The van der Waals surface area contributed by atoms with E-state index in [1.165, 1.54) is 4.68 Å². The molecule has 1 heterocycles. The van der Waals surface area contributed by atoms with Crippen molar-refractivity contribution in [2.45, 2.75) is 26.7 Å². The first kappa shape index (κ1) is 14.5. The summed E-state index contributed by atoms with van der Waals surface area (Å²) in [5.41, 5.74) is 7.30. The van der Waals surface area contributed by atoms with E-state index in [-0.39, 0.29) is 18.4 Å². The molecular weight excluding hydrogens is 232 g/mol. The van der Waals surface area contributed by atoms with Crippen LogP contribution in [0.1, 0.15) is 35.9 Å². The normalized spacial score (nSPS) is 12.4. The van der Waals surface area contributed by atoms with E-state index in [4.69, 9.17) is 10.8 Å². The molecule has 1 unspecified atom stereocenters. The van der Waals surface area contributed by atoms with E-state index >= 15 is 0 Å². The quantitative estimate of drug-likeness (QED) is 0.642. The third-order valence-electron chi connectivity index (χ3n) is 2.95. The minimum atomic E-state index is -0.202. The SMILES string of the molecule is Cc1nn(C)c(C(=O)NCCCC(C)CO)c1N. The van der Waals surface area contributed by atoms with Crippen LogP contribution >= 0.6 is 0 Å². The zero-order valence-electron chi connectivity index (χ0n) is 11.2. The fourth-order valence-corrected chi connectivity index (χ4v) is 1.77. The van der Waals surface area contributed by atoms with Crippen LogP contribution in [0.3, 0.4) is 0 Å². The molecule has 0 saturated heterocycles. The van der Waals surface area contributed by atoms with Crippen molar-refractivity contribution in [1.82, 2.24) is 15.1 Å². The molecule has 1 rings (SSSR count). The molecule has 0 aliphatic rings. The summed E-state index contributed by atoms with van der Waals surface area (Å²) in [5.74, 6) is 0.0678. The number of nitrogens with two attached hydrogens (primary N) is 1. The molecule has 1 amide bonds. The Morgan fingerprint density at radius 3 is 2.78 bits per heavy atom. The second-order valence-corrected chi connectivity index (χ2v) is 4.66. The second kappa shape index (κ2) is 6.39. The maximum Gasteiger partial charge on any atom is 0.271 e. The van der Waals surface area contributed by atoms with Gasteiger partial charge in [0.2, 0.25) is 0 Å². The monoisotopic (exact) mass is 254 g/mol. The van der Waals surface area contributed by atoms with Gasteiger partial charge >= 0.3 is 0 Å². The van der Waals surface area contributed by atoms with Crippen molar-refractivity contribution in [3.8, 4) is 0 Å². The third-order valence-corrected chi connectivity index (χ3v) is 2.95. The summed E-state index contributed by atoms with van der Waals surface area (Å²) in [6, 6.07) is 0. The first-order valence-corrected chi connectivity index (χ1v) is 6.15. The molecular formula is C12H22N4O2. The maximum absolute atomic E-state index is 11.9. The molecule has 102 valence electrons. The Labute approximate surface area is 107 Å². The molecule has 4 N–H and O–H groups in total. The van der Waals surface area contributed by atoms with Gasteiger partial charge in [-0.3, -0.25) is 9.48 Å². The summed E-state index contributed by atoms with van der Waals surface area (Å²) in [7, 11) is 1.70. The Hall–Kier alpha value is -1.56. The number of aryl methyl sites for hydroxylation is 2. The molecule has 1 aromatic rings. The van der Waals surface area contributed by atoms with Crippen LogP contribution in [-0.4, -0.2) is 33.9 Å². The van der Waals surface area contributed by atoms with Crippen molar-refractivity contribution in [2.75, 3.05) is 18.9 Å². The molecule has 0 aromatic carbocycles. The van der Waals surface area contributed by atoms with Crippen LogP contribution in [0.25, 0.3) is 0 Å². The predicted octanol–water partition coefficient (Wildman–Crippen LogP) is 0.449. The van der Waals surface area contributed by atoms with E-state index < -0.39 is 0 Å². The Morgan fingerprint density at radius 1 is 1.61 bits per heavy atom. The Kier molecular flexibility index (Phi) is 5.15. The number of anilines is 1. The van der Waals surface area contributed by atoms with Crippen LogP contribution in [0.15, 0.2) is 0 Å². The number of aromatic nitrogens is 2. The highest BCUT2D eigenvalue weighted by atomic mass is 16.3. The molecule has 0 aliphatic carbocycles. The van der Waals surface area contributed by atoms with Crippen molar-refractivity contribution in [3.05, 3.63) is 11.4 Å². The molecule has 0 radical (unpaired) electrons. The lowest BCUT2D eigenvalue weighted by atomic mass is 10.1. The van der Waals surface area contributed by atoms with E-state index in [0.29, 0.717) is 23.6 Å². The minimum Gasteiger partial charge on any atom is -0.396 e. The van der Waals surface area contributed by atoms with Crippen LogP contribution in [0.4, 0.5) is 5.69 Å². The van der Waals surface area contributed by atoms with E-state index in [1.807, 2.05) is 6.92 Å². The summed E-state index contributed by atoms with van der Waals surface area (Å²) in [6.07, 6.45) is 1.72. The van der Waals surface area contributed by atoms with Crippen LogP contribution in [0, 0.1) is 12.8 Å². The number of nitrogens with one attached hydrogen (secondary N) is 1. The topological polar surface area (TPSA) is 93.2 Å². The number of carbonyl (C=O) groups excluding carboxylic acids is 1. The van der Waals surface area contributed by atoms with Gasteiger partial charge in [-0.2, -0.15) is 5.10 Å². The van der Waals surface area contributed by atoms with Gasteiger partial charge in [0, 0.05) is 20.2 Å². The van der Waals surface area contributed by atoms with E-state index in [9.17, 15) is 4.79 Å². The fourth-order valence-electron chi connectivity index (χ4n) is 1.77. The summed E-state index contributed by atoms with van der Waals surface area (Å²) >= 11 is 0. The van der Waals surface area contributed by atoms with Gasteiger partial charge in [0.25, 0.3) is 5.91 Å². The lowest BCUT2D eigenvalue weighted by Crippen LogP contribution is -2.27. The number of nitrogens with zero attached hydrogens (tertiary/aromatic N) is 2. The van der Waals surface area contributed by atoms with Gasteiger partial charge in [0.1, 0.15) is 5.69 Å². The number of aliphatic hydroxyl groups is 1. The third kappa shape index (κ3) is 3.46. The van der Waals surface area contributed by atoms with Crippen LogP contribution in [-0.2, 0) is 7.05 Å². The highest BCUT2D eigenvalue weighted by molar-refractivity contribution is 5.97. The predicted molar refractivity (Wildman–Crippen MR) is 70.2 cm³/mol. The van der Waals surface area contributed by atoms with Gasteiger partial charge in [0.05, 0.1) is 11.4 Å². The molecule has 0 saturated carbocycles. The summed E-state index contributed by atoms with van der Waals surface area (Å²) < 4.78 is 1.50. The van der Waals surface area contributed by atoms with Crippen molar-refractivity contribution >= 4 is 11.6 Å². The lowest BCUT2D eigenvalue weighted by molar-refractivity contribution is 0.0943. The zero-order chi connectivity index (χ0) is 13.7. The molecule has 1 aromatic heterocycles. The Morgan fingerprint density at radius 2 is 2.28 bits per heavy atom. The number of hydrogen-bond acceptors (Lipinski definition) is 4. The smallest absolute Gasteiger partial charge is 0.271 e. The first-order valence-electron chi connectivity index (χ1n) is 6.15. The number of rotatable bonds is 6. The molecule has 6 nitrogen and oxygen atoms in total. The van der Waals surface area contributed by atoms with E-state index in [2.05, 4.69) is 10.4 Å². The van der Waals surface area contributed by atoms with Crippen molar-refractivity contribution < 1.29 is 9.90 Å². The average molecular weight is 254 g/mol. The molecule has 0 aliphatic heterocycles. The van der Waals surface area contributed by atoms with E-state index in [1.54, 1.807) is 14.0 Å². The van der Waals surface area contributed by atoms with Crippen LogP contribution < -0.4 is 11.1 Å². The van der Waals surface area contributed by atoms with Crippen molar-refractivity contribution in [2.24, 2.45) is 13.0 Å². The first-order chi connectivity index (χ1) is 8.47. The summed E-state index contributed by atoms with van der Waals surface area (Å²) in [4.78, 5) is 11.9. The van der Waals surface area contributed by atoms with Gasteiger partial charge in [-0.25, -0.2) is 0 Å². The molecule has 18 heavy (non-hydrogen) atoms. The maximum atomic E-state index is 11.9. The van der Waals surface area contributed by atoms with Crippen LogP contribution in [0.2, 0.25) is 0 Å². The fraction of sp³-hybridized carbons (Fsp3) is 0.667. The molecule has 0 spiro atoms.